The molecule has 0 radical (unpaired) electrons. The number of methoxy groups -OCH3 is 1. The molecule has 0 aromatic carbocycles. The molecule has 84 valence electrons. The van der Waals surface area contributed by atoms with E-state index in [4.69, 9.17) is 4.74 Å². The van der Waals surface area contributed by atoms with Crippen LogP contribution in [-0.2, 0) is 9.53 Å². The Morgan fingerprint density at radius 1 is 1.40 bits per heavy atom. The van der Waals surface area contributed by atoms with E-state index in [1.165, 1.54) is 32.8 Å². The third-order valence-corrected chi connectivity index (χ3v) is 4.20. The van der Waals surface area contributed by atoms with Gasteiger partial charge >= 0.3 is 5.97 Å². The molecular weight excluding hydrogens is 188 g/mol. The zero-order valence-electron chi connectivity index (χ0n) is 9.66. The van der Waals surface area contributed by atoms with Crippen LogP contribution in [0.1, 0.15) is 39.0 Å². The second-order valence-electron chi connectivity index (χ2n) is 5.06. The van der Waals surface area contributed by atoms with Crippen LogP contribution in [0.4, 0.5) is 0 Å². The standard InChI is InChI=1S/C13H20O2/c1-10-6-5-9-13(7-3-4-8-13)11(10)12(14)15-2/h5-6,10-11H,3-4,7-9H2,1-2H3/t10-,11+/m1/s1. The summed E-state index contributed by atoms with van der Waals surface area (Å²) in [5.41, 5.74) is 0.223. The van der Waals surface area contributed by atoms with Crippen molar-refractivity contribution in [3.63, 3.8) is 0 Å². The number of allylic oxidation sites excluding steroid dienone is 2. The van der Waals surface area contributed by atoms with E-state index in [0.29, 0.717) is 5.92 Å². The van der Waals surface area contributed by atoms with Crippen molar-refractivity contribution in [1.29, 1.82) is 0 Å². The monoisotopic (exact) mass is 208 g/mol. The minimum absolute atomic E-state index is 0.00579. The van der Waals surface area contributed by atoms with Gasteiger partial charge in [0.1, 0.15) is 0 Å². The summed E-state index contributed by atoms with van der Waals surface area (Å²) in [5.74, 6) is 0.424. The highest BCUT2D eigenvalue weighted by atomic mass is 16.5. The van der Waals surface area contributed by atoms with Gasteiger partial charge in [-0.25, -0.2) is 0 Å². The average Bonchev–Trinajstić information content (AvgIpc) is 2.66. The largest absolute Gasteiger partial charge is 0.469 e. The van der Waals surface area contributed by atoms with Gasteiger partial charge < -0.3 is 4.74 Å². The Balaban J connectivity index is 2.28. The lowest BCUT2D eigenvalue weighted by Crippen LogP contribution is -2.40. The molecular formula is C13H20O2. The van der Waals surface area contributed by atoms with Gasteiger partial charge in [-0.1, -0.05) is 31.9 Å². The lowest BCUT2D eigenvalue weighted by atomic mass is 9.64. The Kier molecular flexibility index (Phi) is 2.85. The van der Waals surface area contributed by atoms with E-state index in [1.54, 1.807) is 0 Å². The van der Waals surface area contributed by atoms with Crippen LogP contribution in [0.3, 0.4) is 0 Å². The number of ether oxygens (including phenoxy) is 1. The molecule has 0 unspecified atom stereocenters. The van der Waals surface area contributed by atoms with Gasteiger partial charge in [-0.3, -0.25) is 4.79 Å². The van der Waals surface area contributed by atoms with Crippen LogP contribution in [0.5, 0.6) is 0 Å². The van der Waals surface area contributed by atoms with Gasteiger partial charge in [0.2, 0.25) is 0 Å². The third kappa shape index (κ3) is 1.70. The van der Waals surface area contributed by atoms with Gasteiger partial charge in [-0.05, 0) is 30.6 Å². The van der Waals surface area contributed by atoms with Crippen LogP contribution < -0.4 is 0 Å². The minimum Gasteiger partial charge on any atom is -0.469 e. The van der Waals surface area contributed by atoms with Crippen molar-refractivity contribution in [3.05, 3.63) is 12.2 Å². The molecule has 1 spiro atoms. The molecule has 2 aliphatic rings. The number of hydrogen-bond acceptors (Lipinski definition) is 2. The van der Waals surface area contributed by atoms with Crippen LogP contribution in [-0.4, -0.2) is 13.1 Å². The number of carbonyl (C=O) groups excluding carboxylic acids is 1. The Labute approximate surface area is 91.7 Å². The number of esters is 1. The molecule has 0 saturated heterocycles. The summed E-state index contributed by atoms with van der Waals surface area (Å²) in [6, 6.07) is 0. The number of rotatable bonds is 1. The van der Waals surface area contributed by atoms with Crippen LogP contribution in [0, 0.1) is 17.3 Å². The molecule has 0 aliphatic heterocycles. The smallest absolute Gasteiger partial charge is 0.309 e. The zero-order valence-corrected chi connectivity index (χ0v) is 9.66. The van der Waals surface area contributed by atoms with Gasteiger partial charge in [0.05, 0.1) is 13.0 Å². The van der Waals surface area contributed by atoms with Crippen molar-refractivity contribution < 1.29 is 9.53 Å². The van der Waals surface area contributed by atoms with E-state index >= 15 is 0 Å². The highest BCUT2D eigenvalue weighted by Crippen LogP contribution is 2.52. The number of hydrogen-bond donors (Lipinski definition) is 0. The summed E-state index contributed by atoms with van der Waals surface area (Å²) < 4.78 is 4.97. The molecule has 0 N–H and O–H groups in total. The van der Waals surface area contributed by atoms with E-state index < -0.39 is 0 Å². The maximum absolute atomic E-state index is 11.9. The molecule has 1 fully saturated rings. The van der Waals surface area contributed by atoms with Crippen molar-refractivity contribution in [3.8, 4) is 0 Å². The van der Waals surface area contributed by atoms with E-state index in [-0.39, 0.29) is 17.3 Å². The topological polar surface area (TPSA) is 26.3 Å². The van der Waals surface area contributed by atoms with Crippen LogP contribution in [0.25, 0.3) is 0 Å². The fraction of sp³-hybridized carbons (Fsp3) is 0.769. The highest BCUT2D eigenvalue weighted by molar-refractivity contribution is 5.74. The lowest BCUT2D eigenvalue weighted by molar-refractivity contribution is -0.152. The summed E-state index contributed by atoms with van der Waals surface area (Å²) in [6.07, 6.45) is 10.4. The van der Waals surface area contributed by atoms with Gasteiger partial charge in [0, 0.05) is 0 Å². The molecule has 0 amide bonds. The SMILES string of the molecule is COC(=O)[C@@H]1[C@H](C)C=CCC12CCCC2. The molecule has 0 heterocycles. The molecule has 2 nitrogen and oxygen atoms in total. The van der Waals surface area contributed by atoms with Crippen molar-refractivity contribution in [2.24, 2.45) is 17.3 Å². The van der Waals surface area contributed by atoms with E-state index in [0.717, 1.165) is 6.42 Å². The predicted octanol–water partition coefficient (Wildman–Crippen LogP) is 2.93. The maximum atomic E-state index is 11.9. The molecule has 15 heavy (non-hydrogen) atoms. The molecule has 2 heteroatoms. The summed E-state index contributed by atoms with van der Waals surface area (Å²) >= 11 is 0. The first kappa shape index (κ1) is 10.7. The van der Waals surface area contributed by atoms with E-state index in [2.05, 4.69) is 19.1 Å². The van der Waals surface area contributed by atoms with Gasteiger partial charge in [0.25, 0.3) is 0 Å². The molecule has 2 aliphatic carbocycles. The first-order valence-electron chi connectivity index (χ1n) is 5.94. The zero-order chi connectivity index (χ0) is 10.9. The second-order valence-corrected chi connectivity index (χ2v) is 5.06. The van der Waals surface area contributed by atoms with Gasteiger partial charge in [-0.2, -0.15) is 0 Å². The fourth-order valence-corrected chi connectivity index (χ4v) is 3.50. The first-order chi connectivity index (χ1) is 7.19. The van der Waals surface area contributed by atoms with Crippen molar-refractivity contribution in [2.75, 3.05) is 7.11 Å². The molecule has 1 saturated carbocycles. The minimum atomic E-state index is -0.00579. The Hall–Kier alpha value is -0.790. The Morgan fingerprint density at radius 2 is 2.07 bits per heavy atom. The molecule has 2 atom stereocenters. The average molecular weight is 208 g/mol. The highest BCUT2D eigenvalue weighted by Gasteiger charge is 2.48. The van der Waals surface area contributed by atoms with Crippen LogP contribution in [0.2, 0.25) is 0 Å². The van der Waals surface area contributed by atoms with Gasteiger partial charge in [0.15, 0.2) is 0 Å². The van der Waals surface area contributed by atoms with Crippen molar-refractivity contribution in [2.45, 2.75) is 39.0 Å². The molecule has 2 rings (SSSR count). The Bertz CT molecular complexity index is 274. The van der Waals surface area contributed by atoms with Crippen LogP contribution in [0.15, 0.2) is 12.2 Å². The van der Waals surface area contributed by atoms with Crippen molar-refractivity contribution >= 4 is 5.97 Å². The first-order valence-corrected chi connectivity index (χ1v) is 5.94. The van der Waals surface area contributed by atoms with Crippen molar-refractivity contribution in [1.82, 2.24) is 0 Å². The molecule has 0 aromatic heterocycles. The predicted molar refractivity (Wildman–Crippen MR) is 59.3 cm³/mol. The Morgan fingerprint density at radius 3 is 2.67 bits per heavy atom. The summed E-state index contributed by atoms with van der Waals surface area (Å²) in [4.78, 5) is 11.9. The molecule has 0 bridgehead atoms. The van der Waals surface area contributed by atoms with E-state index in [1.807, 2.05) is 0 Å². The van der Waals surface area contributed by atoms with Crippen LogP contribution >= 0.6 is 0 Å². The maximum Gasteiger partial charge on any atom is 0.309 e. The summed E-state index contributed by atoms with van der Waals surface area (Å²) in [6.45, 7) is 2.14. The quantitative estimate of drug-likeness (QED) is 0.489. The summed E-state index contributed by atoms with van der Waals surface area (Å²) in [7, 11) is 1.51. The van der Waals surface area contributed by atoms with E-state index in [9.17, 15) is 4.79 Å². The van der Waals surface area contributed by atoms with Gasteiger partial charge in [-0.15, -0.1) is 0 Å². The fourth-order valence-electron chi connectivity index (χ4n) is 3.50. The second kappa shape index (κ2) is 3.99. The third-order valence-electron chi connectivity index (χ3n) is 4.20. The summed E-state index contributed by atoms with van der Waals surface area (Å²) in [5, 5.41) is 0. The normalized spacial score (nSPS) is 33.2. The lowest BCUT2D eigenvalue weighted by Gasteiger charge is -2.40. The molecule has 0 aromatic rings. The number of carbonyl (C=O) groups is 1.